The van der Waals surface area contributed by atoms with E-state index in [1.807, 2.05) is 46.2 Å². The Labute approximate surface area is 242 Å². The van der Waals surface area contributed by atoms with E-state index in [0.29, 0.717) is 52.9 Å². The van der Waals surface area contributed by atoms with Gasteiger partial charge in [0.1, 0.15) is 11.5 Å². The molecule has 0 spiro atoms. The van der Waals surface area contributed by atoms with Crippen LogP contribution in [-0.2, 0) is 23.6 Å². The van der Waals surface area contributed by atoms with Crippen LogP contribution in [0.25, 0.3) is 33.6 Å². The normalized spacial score (nSPS) is 22.3. The number of benzene rings is 1. The predicted molar refractivity (Wildman–Crippen MR) is 156 cm³/mol. The van der Waals surface area contributed by atoms with Crippen LogP contribution in [0.4, 0.5) is 14.6 Å². The molecule has 0 unspecified atom stereocenters. The largest absolute Gasteiger partial charge is 0.334 e. The standard InChI is InChI=1S/C29H33F2N7O3S/c1-15-10-22-20(12-19(15)28(39)37-14-18-6-8-21(37)25(18)32)33-27(35(22)2)23-11-17-7-9-24(38(29(30)31)42(3,40)41)34-26(17)36(23)13-16-4-5-16/h7,9-12,16,18,21,25,29H,4-6,8,13-14,32H2,1-3H3/t18-,21-,25-/m1/s1. The van der Waals surface area contributed by atoms with Crippen molar-refractivity contribution < 1.29 is 22.0 Å². The lowest BCUT2D eigenvalue weighted by atomic mass is 10.0. The molecule has 42 heavy (non-hydrogen) atoms. The molecule has 3 atom stereocenters. The van der Waals surface area contributed by atoms with E-state index in [2.05, 4.69) is 4.98 Å². The van der Waals surface area contributed by atoms with Crippen LogP contribution in [0.2, 0.25) is 0 Å². The van der Waals surface area contributed by atoms with Gasteiger partial charge in [-0.25, -0.2) is 18.4 Å². The van der Waals surface area contributed by atoms with Crippen LogP contribution in [0.15, 0.2) is 30.3 Å². The van der Waals surface area contributed by atoms with Gasteiger partial charge in [0.15, 0.2) is 5.82 Å². The van der Waals surface area contributed by atoms with Gasteiger partial charge in [-0.2, -0.15) is 13.1 Å². The average molecular weight is 598 g/mol. The number of carbonyl (C=O) groups is 1. The third kappa shape index (κ3) is 4.27. The number of hydrogen-bond acceptors (Lipinski definition) is 6. The van der Waals surface area contributed by atoms with Gasteiger partial charge >= 0.3 is 6.55 Å². The van der Waals surface area contributed by atoms with Gasteiger partial charge in [-0.1, -0.05) is 0 Å². The highest BCUT2D eigenvalue weighted by Gasteiger charge is 2.47. The molecule has 3 fully saturated rings. The lowest BCUT2D eigenvalue weighted by Crippen LogP contribution is -2.41. The highest BCUT2D eigenvalue weighted by atomic mass is 32.2. The van der Waals surface area contributed by atoms with Gasteiger partial charge < -0.3 is 19.8 Å². The van der Waals surface area contributed by atoms with E-state index < -0.39 is 16.6 Å². The van der Waals surface area contributed by atoms with E-state index in [1.165, 1.54) is 6.07 Å². The van der Waals surface area contributed by atoms with Crippen molar-refractivity contribution in [3.63, 3.8) is 0 Å². The number of amides is 1. The fraction of sp³-hybridized carbons (Fsp3) is 0.483. The lowest BCUT2D eigenvalue weighted by Gasteiger charge is -2.27. The molecule has 4 heterocycles. The first-order chi connectivity index (χ1) is 19.9. The zero-order valence-corrected chi connectivity index (χ0v) is 24.5. The van der Waals surface area contributed by atoms with Crippen molar-refractivity contribution in [3.05, 3.63) is 41.5 Å². The van der Waals surface area contributed by atoms with Crippen molar-refractivity contribution in [1.82, 2.24) is 24.0 Å². The Morgan fingerprint density at radius 2 is 1.90 bits per heavy atom. The number of nitrogens with zero attached hydrogens (tertiary/aromatic N) is 6. The molecule has 2 aliphatic carbocycles. The molecule has 222 valence electrons. The van der Waals surface area contributed by atoms with Crippen LogP contribution in [0, 0.1) is 18.8 Å². The highest BCUT2D eigenvalue weighted by molar-refractivity contribution is 7.92. The van der Waals surface area contributed by atoms with Crippen molar-refractivity contribution in [2.75, 3.05) is 17.1 Å². The number of pyridine rings is 1. The third-order valence-electron chi connectivity index (χ3n) is 9.23. The van der Waals surface area contributed by atoms with Crippen molar-refractivity contribution in [2.45, 2.75) is 57.8 Å². The number of imidazole rings is 1. The molecular formula is C29H33F2N7O3S. The van der Waals surface area contributed by atoms with E-state index >= 15 is 0 Å². The first-order valence-electron chi connectivity index (χ1n) is 14.2. The average Bonchev–Trinajstić information content (AvgIpc) is 3.35. The summed E-state index contributed by atoms with van der Waals surface area (Å²) in [5.74, 6) is 1.07. The summed E-state index contributed by atoms with van der Waals surface area (Å²) in [6.45, 7) is -0.0387. The molecule has 13 heteroatoms. The topological polar surface area (TPSA) is 119 Å². The minimum atomic E-state index is -4.25. The molecule has 0 radical (unpaired) electrons. The first kappa shape index (κ1) is 27.3. The predicted octanol–water partition coefficient (Wildman–Crippen LogP) is 3.86. The van der Waals surface area contributed by atoms with Crippen LogP contribution in [0.3, 0.4) is 0 Å². The molecule has 7 rings (SSSR count). The summed E-state index contributed by atoms with van der Waals surface area (Å²) in [5, 5.41) is 0.691. The zero-order chi connectivity index (χ0) is 29.7. The molecule has 10 nitrogen and oxygen atoms in total. The first-order valence-corrected chi connectivity index (χ1v) is 16.1. The Bertz CT molecular complexity index is 1860. The van der Waals surface area contributed by atoms with Gasteiger partial charge in [0.2, 0.25) is 10.0 Å². The maximum Gasteiger partial charge on any atom is 0.329 e. The second-order valence-electron chi connectivity index (χ2n) is 12.1. The van der Waals surface area contributed by atoms with Crippen LogP contribution in [-0.4, -0.2) is 69.8 Å². The minimum Gasteiger partial charge on any atom is -0.334 e. The number of hydrogen-bond donors (Lipinski definition) is 1. The molecule has 2 saturated carbocycles. The monoisotopic (exact) mass is 597 g/mol. The van der Waals surface area contributed by atoms with Crippen molar-refractivity contribution in [2.24, 2.45) is 24.6 Å². The molecule has 2 bridgehead atoms. The van der Waals surface area contributed by atoms with Crippen molar-refractivity contribution in [1.29, 1.82) is 0 Å². The fourth-order valence-corrected chi connectivity index (χ4v) is 7.55. The second-order valence-corrected chi connectivity index (χ2v) is 14.0. The number of rotatable bonds is 7. The minimum absolute atomic E-state index is 0.0155. The van der Waals surface area contributed by atoms with E-state index in [0.717, 1.165) is 48.7 Å². The fourth-order valence-electron chi connectivity index (χ4n) is 6.82. The van der Waals surface area contributed by atoms with Gasteiger partial charge in [0, 0.05) is 43.2 Å². The molecule has 1 saturated heterocycles. The van der Waals surface area contributed by atoms with Gasteiger partial charge in [-0.3, -0.25) is 4.79 Å². The summed E-state index contributed by atoms with van der Waals surface area (Å²) in [7, 11) is -2.34. The zero-order valence-electron chi connectivity index (χ0n) is 23.7. The molecule has 1 aromatic carbocycles. The number of nitrogens with two attached hydrogens (primary N) is 1. The van der Waals surface area contributed by atoms with Crippen LogP contribution < -0.4 is 10.0 Å². The maximum absolute atomic E-state index is 13.8. The molecule has 1 amide bonds. The Morgan fingerprint density at radius 3 is 2.52 bits per heavy atom. The lowest BCUT2D eigenvalue weighted by molar-refractivity contribution is 0.0700. The number of aromatic nitrogens is 4. The number of aryl methyl sites for hydroxylation is 2. The Morgan fingerprint density at radius 1 is 1.14 bits per heavy atom. The molecule has 3 aliphatic rings. The molecule has 3 aromatic heterocycles. The summed E-state index contributed by atoms with van der Waals surface area (Å²) in [6.07, 6.45) is 4.83. The number of halogens is 2. The van der Waals surface area contributed by atoms with Crippen LogP contribution >= 0.6 is 0 Å². The van der Waals surface area contributed by atoms with Gasteiger partial charge in [0.25, 0.3) is 5.91 Å². The van der Waals surface area contributed by atoms with Gasteiger partial charge in [-0.15, -0.1) is 0 Å². The summed E-state index contributed by atoms with van der Waals surface area (Å²) < 4.78 is 55.8. The summed E-state index contributed by atoms with van der Waals surface area (Å²) in [5.41, 5.74) is 10.5. The second kappa shape index (κ2) is 9.46. The number of alkyl halides is 2. The van der Waals surface area contributed by atoms with Crippen molar-refractivity contribution in [3.8, 4) is 11.5 Å². The Kier molecular flexibility index (Phi) is 6.14. The molecule has 4 aromatic rings. The smallest absolute Gasteiger partial charge is 0.329 e. The number of carbonyl (C=O) groups excluding carboxylic acids is 1. The third-order valence-corrected chi connectivity index (χ3v) is 10.3. The maximum atomic E-state index is 13.8. The summed E-state index contributed by atoms with van der Waals surface area (Å²) >= 11 is 0. The Balaban J connectivity index is 1.33. The van der Waals surface area contributed by atoms with E-state index in [-0.39, 0.29) is 28.1 Å². The quantitative estimate of drug-likeness (QED) is 0.323. The van der Waals surface area contributed by atoms with Gasteiger partial charge in [-0.05, 0) is 80.3 Å². The summed E-state index contributed by atoms with van der Waals surface area (Å²) in [4.78, 5) is 24.9. The van der Waals surface area contributed by atoms with E-state index in [4.69, 9.17) is 10.7 Å². The van der Waals surface area contributed by atoms with E-state index in [9.17, 15) is 22.0 Å². The molecule has 1 aliphatic heterocycles. The Hall–Kier alpha value is -3.58. The SMILES string of the molecule is Cc1cc2c(cc1C(=O)N1C[C@H]3CC[C@@H]1[C@@H]3N)nc(-c1cc3ccc(N(C(F)F)S(C)(=O)=O)nc3n1CC1CC1)n2C. The van der Waals surface area contributed by atoms with E-state index in [1.54, 1.807) is 6.07 Å². The number of anilines is 1. The highest BCUT2D eigenvalue weighted by Crippen LogP contribution is 2.39. The van der Waals surface area contributed by atoms with Crippen LogP contribution in [0.5, 0.6) is 0 Å². The summed E-state index contributed by atoms with van der Waals surface area (Å²) in [6, 6.07) is 8.76. The number of fused-ring (bicyclic) bond motifs is 4. The van der Waals surface area contributed by atoms with Gasteiger partial charge in [0.05, 0.1) is 23.0 Å². The van der Waals surface area contributed by atoms with Crippen LogP contribution in [0.1, 0.15) is 41.6 Å². The number of piperidine rings is 1. The number of likely N-dealkylation sites (tertiary alicyclic amines) is 1. The molecular weight excluding hydrogens is 564 g/mol. The molecule has 2 N–H and O–H groups in total. The number of sulfonamides is 1. The van der Waals surface area contributed by atoms with Crippen molar-refractivity contribution >= 4 is 43.8 Å².